The van der Waals surface area contributed by atoms with Gasteiger partial charge in [0.25, 0.3) is 0 Å². The maximum Gasteiger partial charge on any atom is 0.413 e. The molecule has 0 saturated heterocycles. The molecule has 1 amide bonds. The minimum absolute atomic E-state index is 0.0728. The number of carboxylic acids is 1. The Morgan fingerprint density at radius 3 is 2.62 bits per heavy atom. The minimum atomic E-state index is -0.852. The van der Waals surface area contributed by atoms with Crippen molar-refractivity contribution in [2.75, 3.05) is 20.2 Å². The summed E-state index contributed by atoms with van der Waals surface area (Å²) < 4.78 is 4.65. The minimum Gasteiger partial charge on any atom is -0.481 e. The van der Waals surface area contributed by atoms with Crippen LogP contribution in [0, 0.1) is 0 Å². The quantitative estimate of drug-likeness (QED) is 0.356. The predicted molar refractivity (Wildman–Crippen MR) is 58.4 cm³/mol. The second-order valence-corrected chi connectivity index (χ2v) is 2.84. The monoisotopic (exact) mass is 231 g/mol. The Balaban J connectivity index is 3.76. The van der Waals surface area contributed by atoms with Gasteiger partial charge in [-0.05, 0) is 13.3 Å². The van der Waals surface area contributed by atoms with Gasteiger partial charge in [0.1, 0.15) is 0 Å². The zero-order chi connectivity index (χ0) is 12.4. The predicted octanol–water partition coefficient (Wildman–Crippen LogP) is 0.173. The lowest BCUT2D eigenvalue weighted by Crippen LogP contribution is -2.41. The van der Waals surface area contributed by atoms with E-state index in [1.165, 1.54) is 7.05 Å². The SMILES string of the molecule is CCOC(=O)NC(=NC)NCCCC(=O)O. The van der Waals surface area contributed by atoms with E-state index in [0.29, 0.717) is 13.0 Å². The van der Waals surface area contributed by atoms with Crippen LogP contribution < -0.4 is 10.6 Å². The Labute approximate surface area is 93.9 Å². The van der Waals surface area contributed by atoms with Gasteiger partial charge in [0.2, 0.25) is 5.96 Å². The van der Waals surface area contributed by atoms with E-state index in [2.05, 4.69) is 20.4 Å². The number of amides is 1. The number of aliphatic imine (C=N–C) groups is 1. The summed E-state index contributed by atoms with van der Waals surface area (Å²) in [6.07, 6.45) is -0.0590. The molecule has 0 aliphatic carbocycles. The number of ether oxygens (including phenoxy) is 1. The van der Waals surface area contributed by atoms with Gasteiger partial charge >= 0.3 is 12.1 Å². The molecule has 0 aromatic rings. The number of alkyl carbamates (subject to hydrolysis) is 1. The molecule has 0 aromatic carbocycles. The summed E-state index contributed by atoms with van der Waals surface area (Å²) >= 11 is 0. The summed E-state index contributed by atoms with van der Waals surface area (Å²) in [4.78, 5) is 25.0. The van der Waals surface area contributed by atoms with E-state index in [-0.39, 0.29) is 19.0 Å². The number of hydrogen-bond acceptors (Lipinski definition) is 4. The number of aliphatic carboxylic acids is 1. The third kappa shape index (κ3) is 7.60. The smallest absolute Gasteiger partial charge is 0.413 e. The molecule has 92 valence electrons. The van der Waals surface area contributed by atoms with Crippen LogP contribution in [0.5, 0.6) is 0 Å². The average Bonchev–Trinajstić information content (AvgIpc) is 2.22. The molecule has 3 N–H and O–H groups in total. The second kappa shape index (κ2) is 8.51. The summed E-state index contributed by atoms with van der Waals surface area (Å²) in [5.74, 6) is -0.584. The fraction of sp³-hybridized carbons (Fsp3) is 0.667. The molecule has 0 bridgehead atoms. The molecule has 16 heavy (non-hydrogen) atoms. The largest absolute Gasteiger partial charge is 0.481 e. The van der Waals surface area contributed by atoms with E-state index in [4.69, 9.17) is 5.11 Å². The van der Waals surface area contributed by atoms with E-state index >= 15 is 0 Å². The van der Waals surface area contributed by atoms with Gasteiger partial charge in [-0.1, -0.05) is 0 Å². The van der Waals surface area contributed by atoms with Crippen molar-refractivity contribution in [3.8, 4) is 0 Å². The van der Waals surface area contributed by atoms with Crippen molar-refractivity contribution < 1.29 is 19.4 Å². The maximum atomic E-state index is 11.0. The summed E-state index contributed by atoms with van der Waals surface area (Å²) in [6, 6.07) is 0. The van der Waals surface area contributed by atoms with Gasteiger partial charge < -0.3 is 15.2 Å². The van der Waals surface area contributed by atoms with Crippen LogP contribution in [0.4, 0.5) is 4.79 Å². The first-order valence-electron chi connectivity index (χ1n) is 4.96. The highest BCUT2D eigenvalue weighted by molar-refractivity contribution is 5.93. The van der Waals surface area contributed by atoms with Crippen molar-refractivity contribution in [2.45, 2.75) is 19.8 Å². The van der Waals surface area contributed by atoms with E-state index < -0.39 is 12.1 Å². The van der Waals surface area contributed by atoms with Crippen molar-refractivity contribution >= 4 is 18.0 Å². The van der Waals surface area contributed by atoms with Crippen LogP contribution in [-0.4, -0.2) is 43.3 Å². The van der Waals surface area contributed by atoms with Crippen molar-refractivity contribution in [3.63, 3.8) is 0 Å². The summed E-state index contributed by atoms with van der Waals surface area (Å²) in [5, 5.41) is 13.6. The van der Waals surface area contributed by atoms with Gasteiger partial charge in [-0.3, -0.25) is 15.1 Å². The topological polar surface area (TPSA) is 100 Å². The number of nitrogens with one attached hydrogen (secondary N) is 2. The molecule has 0 unspecified atom stereocenters. The number of carbonyl (C=O) groups is 2. The Morgan fingerprint density at radius 2 is 2.12 bits per heavy atom. The molecule has 0 aromatic heterocycles. The van der Waals surface area contributed by atoms with Gasteiger partial charge in [0.15, 0.2) is 0 Å². The van der Waals surface area contributed by atoms with Gasteiger partial charge in [-0.2, -0.15) is 0 Å². The van der Waals surface area contributed by atoms with Crippen LogP contribution in [0.25, 0.3) is 0 Å². The van der Waals surface area contributed by atoms with Gasteiger partial charge in [0, 0.05) is 20.0 Å². The first-order valence-corrected chi connectivity index (χ1v) is 4.96. The Hall–Kier alpha value is -1.79. The second-order valence-electron chi connectivity index (χ2n) is 2.84. The van der Waals surface area contributed by atoms with Crippen LogP contribution >= 0.6 is 0 Å². The molecule has 0 fully saturated rings. The average molecular weight is 231 g/mol. The van der Waals surface area contributed by atoms with Gasteiger partial charge in [-0.15, -0.1) is 0 Å². The maximum absolute atomic E-state index is 11.0. The highest BCUT2D eigenvalue weighted by Crippen LogP contribution is 1.86. The molecule has 0 radical (unpaired) electrons. The van der Waals surface area contributed by atoms with Crippen LogP contribution in [-0.2, 0) is 9.53 Å². The lowest BCUT2D eigenvalue weighted by atomic mass is 10.3. The number of carboxylic acid groups (broad SMARTS) is 1. The third-order valence-electron chi connectivity index (χ3n) is 1.58. The first-order chi connectivity index (χ1) is 7.60. The fourth-order valence-electron chi connectivity index (χ4n) is 0.889. The van der Waals surface area contributed by atoms with Gasteiger partial charge in [-0.25, -0.2) is 4.79 Å². The van der Waals surface area contributed by atoms with Crippen LogP contribution in [0.1, 0.15) is 19.8 Å². The highest BCUT2D eigenvalue weighted by atomic mass is 16.5. The van der Waals surface area contributed by atoms with E-state index in [9.17, 15) is 9.59 Å². The number of hydrogen-bond donors (Lipinski definition) is 3. The summed E-state index contributed by atoms with van der Waals surface area (Å²) in [5.41, 5.74) is 0. The third-order valence-corrected chi connectivity index (χ3v) is 1.58. The standard InChI is InChI=1S/C9H17N3O4/c1-3-16-9(15)12-8(10-2)11-6-4-5-7(13)14/h3-6H2,1-2H3,(H,13,14)(H2,10,11,12,15). The van der Waals surface area contributed by atoms with Crippen molar-refractivity contribution in [1.82, 2.24) is 10.6 Å². The van der Waals surface area contributed by atoms with Crippen LogP contribution in [0.2, 0.25) is 0 Å². The number of nitrogens with zero attached hydrogens (tertiary/aromatic N) is 1. The Bertz CT molecular complexity index is 265. The molecule has 0 atom stereocenters. The molecule has 0 spiro atoms. The molecular formula is C9H17N3O4. The van der Waals surface area contributed by atoms with Crippen molar-refractivity contribution in [1.29, 1.82) is 0 Å². The van der Waals surface area contributed by atoms with E-state index in [1.54, 1.807) is 6.92 Å². The molecule has 7 heteroatoms. The fourth-order valence-corrected chi connectivity index (χ4v) is 0.889. The van der Waals surface area contributed by atoms with Crippen LogP contribution in [0.15, 0.2) is 4.99 Å². The highest BCUT2D eigenvalue weighted by Gasteiger charge is 2.04. The molecule has 0 heterocycles. The van der Waals surface area contributed by atoms with Crippen molar-refractivity contribution in [3.05, 3.63) is 0 Å². The molecule has 0 aliphatic rings. The van der Waals surface area contributed by atoms with Gasteiger partial charge in [0.05, 0.1) is 6.61 Å². The van der Waals surface area contributed by atoms with Crippen LogP contribution in [0.3, 0.4) is 0 Å². The summed E-state index contributed by atoms with van der Waals surface area (Å²) in [7, 11) is 1.51. The van der Waals surface area contributed by atoms with E-state index in [0.717, 1.165) is 0 Å². The number of guanidine groups is 1. The number of carbonyl (C=O) groups excluding carboxylic acids is 1. The lowest BCUT2D eigenvalue weighted by molar-refractivity contribution is -0.137. The molecule has 0 aliphatic heterocycles. The zero-order valence-corrected chi connectivity index (χ0v) is 9.45. The molecule has 7 nitrogen and oxygen atoms in total. The first kappa shape index (κ1) is 14.2. The van der Waals surface area contributed by atoms with Crippen molar-refractivity contribution in [2.24, 2.45) is 4.99 Å². The Morgan fingerprint density at radius 1 is 1.44 bits per heavy atom. The summed E-state index contributed by atoms with van der Waals surface area (Å²) in [6.45, 7) is 2.40. The normalized spacial score (nSPS) is 10.8. The van der Waals surface area contributed by atoms with E-state index in [1.807, 2.05) is 0 Å². The zero-order valence-electron chi connectivity index (χ0n) is 9.45. The molecule has 0 rings (SSSR count). The molecular weight excluding hydrogens is 214 g/mol. The number of rotatable bonds is 5. The lowest BCUT2D eigenvalue weighted by Gasteiger charge is -2.09. The Kier molecular flexibility index (Phi) is 7.56. The molecule has 0 saturated carbocycles.